The van der Waals surface area contributed by atoms with E-state index in [2.05, 4.69) is 31.4 Å². The molecule has 0 aromatic heterocycles. The van der Waals surface area contributed by atoms with Crippen LogP contribution in [0.3, 0.4) is 0 Å². The van der Waals surface area contributed by atoms with Gasteiger partial charge in [-0.15, -0.1) is 18.5 Å². The Morgan fingerprint density at radius 1 is 1.44 bits per heavy atom. The van der Waals surface area contributed by atoms with E-state index >= 15 is 0 Å². The average Bonchev–Trinajstić information content (AvgIpc) is 3.04. The average molecular weight is 392 g/mol. The number of rotatable bonds is 10. The van der Waals surface area contributed by atoms with Crippen LogP contribution in [0.5, 0.6) is 0 Å². The number of carbonyl (C=O) groups excluding carboxylic acids is 1. The molecule has 5 heteroatoms. The highest BCUT2D eigenvalue weighted by molar-refractivity contribution is 7.96. The molecule has 0 radical (unpaired) electrons. The van der Waals surface area contributed by atoms with Gasteiger partial charge in [-0.25, -0.2) is 0 Å². The van der Waals surface area contributed by atoms with Crippen LogP contribution < -0.4 is 0 Å². The first kappa shape index (κ1) is 22.2. The molecule has 0 spiro atoms. The Bertz CT molecular complexity index is 633. The van der Waals surface area contributed by atoms with E-state index < -0.39 is 17.7 Å². The van der Waals surface area contributed by atoms with Gasteiger partial charge in [0.25, 0.3) is 0 Å². The fourth-order valence-corrected chi connectivity index (χ4v) is 4.57. The lowest BCUT2D eigenvalue weighted by atomic mass is 9.82. The highest BCUT2D eigenvalue weighted by Gasteiger charge is 2.54. The quantitative estimate of drug-likeness (QED) is 0.230. The molecule has 27 heavy (non-hydrogen) atoms. The van der Waals surface area contributed by atoms with E-state index in [9.17, 15) is 15.0 Å². The van der Waals surface area contributed by atoms with Crippen LogP contribution >= 0.6 is 12.6 Å². The molecule has 4 nitrogen and oxygen atoms in total. The second-order valence-electron chi connectivity index (χ2n) is 7.83. The molecule has 1 saturated carbocycles. The number of hydrogen-bond acceptors (Lipinski definition) is 4. The Balaban J connectivity index is 2.05. The lowest BCUT2D eigenvalue weighted by Gasteiger charge is -2.22. The smallest absolute Gasteiger partial charge is 0.185 e. The summed E-state index contributed by atoms with van der Waals surface area (Å²) in [5.74, 6) is 6.36. The Hall–Kier alpha value is -1.09. The third-order valence-corrected chi connectivity index (χ3v) is 5.94. The van der Waals surface area contributed by atoms with Gasteiger partial charge in [-0.1, -0.05) is 44.3 Å². The second kappa shape index (κ2) is 10.5. The molecule has 0 aromatic rings. The summed E-state index contributed by atoms with van der Waals surface area (Å²) in [5.41, 5.74) is 0.572. The van der Waals surface area contributed by atoms with Gasteiger partial charge in [-0.3, -0.25) is 9.79 Å². The molecular weight excluding hydrogens is 358 g/mol. The van der Waals surface area contributed by atoms with Crippen molar-refractivity contribution in [2.45, 2.75) is 89.4 Å². The monoisotopic (exact) mass is 391 g/mol. The largest absolute Gasteiger partial charge is 0.392 e. The van der Waals surface area contributed by atoms with Crippen molar-refractivity contribution in [1.82, 2.24) is 0 Å². The first-order valence-corrected chi connectivity index (χ1v) is 10.6. The van der Waals surface area contributed by atoms with Crippen LogP contribution in [0.4, 0.5) is 0 Å². The molecule has 1 heterocycles. The lowest BCUT2D eigenvalue weighted by molar-refractivity contribution is -0.110. The molecule has 1 fully saturated rings. The van der Waals surface area contributed by atoms with Gasteiger partial charge in [0.2, 0.25) is 0 Å². The maximum Gasteiger partial charge on any atom is 0.185 e. The number of fused-ring (bicyclic) bond motifs is 1. The van der Waals surface area contributed by atoms with Crippen molar-refractivity contribution < 1.29 is 15.0 Å². The number of hydrogen-bond donors (Lipinski definition) is 3. The number of thiol groups is 1. The van der Waals surface area contributed by atoms with E-state index in [1.807, 2.05) is 19.1 Å². The first-order chi connectivity index (χ1) is 12.9. The normalized spacial score (nSPS) is 30.7. The Kier molecular flexibility index (Phi) is 8.60. The maximum absolute atomic E-state index is 11.1. The van der Waals surface area contributed by atoms with E-state index in [1.54, 1.807) is 0 Å². The van der Waals surface area contributed by atoms with Crippen LogP contribution in [0.2, 0.25) is 0 Å². The second-order valence-corrected chi connectivity index (χ2v) is 8.33. The van der Waals surface area contributed by atoms with Gasteiger partial charge < -0.3 is 10.2 Å². The van der Waals surface area contributed by atoms with Crippen LogP contribution in [0.25, 0.3) is 0 Å². The lowest BCUT2D eigenvalue weighted by Crippen LogP contribution is -2.27. The third kappa shape index (κ3) is 5.94. The van der Waals surface area contributed by atoms with Gasteiger partial charge in [-0.05, 0) is 32.6 Å². The van der Waals surface area contributed by atoms with Crippen molar-refractivity contribution in [3.05, 3.63) is 12.2 Å². The zero-order chi connectivity index (χ0) is 19.9. The molecule has 0 bridgehead atoms. The molecular formula is C22H33NO3S. The number of aliphatic hydroxyl groups excluding tert-OH is 2. The minimum absolute atomic E-state index is 0.0422. The van der Waals surface area contributed by atoms with Gasteiger partial charge in [0.05, 0.1) is 12.2 Å². The van der Waals surface area contributed by atoms with E-state index in [-0.39, 0.29) is 17.0 Å². The number of nitrogens with zero attached hydrogens (tertiary/aromatic N) is 1. The summed E-state index contributed by atoms with van der Waals surface area (Å²) < 4.78 is 0. The van der Waals surface area contributed by atoms with E-state index in [0.717, 1.165) is 50.7 Å². The molecule has 2 rings (SSSR count). The van der Waals surface area contributed by atoms with Crippen molar-refractivity contribution in [1.29, 1.82) is 0 Å². The van der Waals surface area contributed by atoms with Crippen LogP contribution in [-0.4, -0.2) is 38.8 Å². The standard InChI is InChI=1S/C22H33NO3S/c1-3-5-6-9-17(24)11-12-18-19-14-16(8-7-10-21(26)27)23-22(19,13-4-2)15-20(18)25/h11-12,17-20,24-25H,3,5-10,14-15H2,1-2H3,(H,26,27). The zero-order valence-corrected chi connectivity index (χ0v) is 17.4. The van der Waals surface area contributed by atoms with Gasteiger partial charge in [0.1, 0.15) is 5.54 Å². The predicted molar refractivity (Wildman–Crippen MR) is 113 cm³/mol. The van der Waals surface area contributed by atoms with Gasteiger partial charge >= 0.3 is 0 Å². The van der Waals surface area contributed by atoms with Crippen molar-refractivity contribution in [2.24, 2.45) is 16.8 Å². The Morgan fingerprint density at radius 3 is 2.89 bits per heavy atom. The van der Waals surface area contributed by atoms with E-state index in [1.165, 1.54) is 0 Å². The third-order valence-electron chi connectivity index (χ3n) is 5.71. The van der Waals surface area contributed by atoms with Crippen molar-refractivity contribution in [3.8, 4) is 11.8 Å². The summed E-state index contributed by atoms with van der Waals surface area (Å²) >= 11 is 3.83. The molecule has 0 aromatic carbocycles. The predicted octanol–water partition coefficient (Wildman–Crippen LogP) is 3.71. The fraction of sp³-hybridized carbons (Fsp3) is 0.727. The topological polar surface area (TPSA) is 69.9 Å². The minimum atomic E-state index is -0.517. The van der Waals surface area contributed by atoms with Crippen LogP contribution in [0, 0.1) is 23.7 Å². The summed E-state index contributed by atoms with van der Waals surface area (Å²) in [6.45, 7) is 3.96. The van der Waals surface area contributed by atoms with Crippen molar-refractivity contribution in [3.63, 3.8) is 0 Å². The Labute approximate surface area is 169 Å². The molecule has 150 valence electrons. The summed E-state index contributed by atoms with van der Waals surface area (Å²) in [7, 11) is 0. The van der Waals surface area contributed by atoms with Crippen molar-refractivity contribution >= 4 is 23.5 Å². The summed E-state index contributed by atoms with van der Waals surface area (Å²) in [5, 5.41) is 20.7. The SMILES string of the molecule is CC#CC12CC(O)C(C=CC(O)CCCCC)C1CC(CCCC(=O)S)=N2. The molecule has 0 amide bonds. The maximum atomic E-state index is 11.1. The molecule has 5 atom stereocenters. The molecule has 2 N–H and O–H groups in total. The zero-order valence-electron chi connectivity index (χ0n) is 16.5. The highest BCUT2D eigenvalue weighted by atomic mass is 32.1. The minimum Gasteiger partial charge on any atom is -0.392 e. The van der Waals surface area contributed by atoms with Crippen LogP contribution in [0.1, 0.15) is 71.6 Å². The molecule has 5 unspecified atom stereocenters. The highest BCUT2D eigenvalue weighted by Crippen LogP contribution is 2.50. The molecule has 0 saturated heterocycles. The van der Waals surface area contributed by atoms with Gasteiger partial charge in [0.15, 0.2) is 5.12 Å². The number of unbranched alkanes of at least 4 members (excludes halogenated alkanes) is 2. The van der Waals surface area contributed by atoms with Crippen molar-refractivity contribution in [2.75, 3.05) is 0 Å². The number of aliphatic imine (C=N–C) groups is 1. The van der Waals surface area contributed by atoms with Crippen LogP contribution in [0.15, 0.2) is 17.1 Å². The molecule has 1 aliphatic heterocycles. The van der Waals surface area contributed by atoms with Gasteiger partial charge in [0, 0.05) is 30.4 Å². The number of aliphatic hydroxyl groups is 2. The molecule has 1 aliphatic carbocycles. The Morgan fingerprint density at radius 2 is 2.22 bits per heavy atom. The summed E-state index contributed by atoms with van der Waals surface area (Å²) in [4.78, 5) is 16.0. The summed E-state index contributed by atoms with van der Waals surface area (Å²) in [6, 6.07) is 0. The van der Waals surface area contributed by atoms with Gasteiger partial charge in [-0.2, -0.15) is 0 Å². The fourth-order valence-electron chi connectivity index (χ4n) is 4.42. The molecule has 2 aliphatic rings. The van der Waals surface area contributed by atoms with E-state index in [4.69, 9.17) is 4.99 Å². The first-order valence-electron chi connectivity index (χ1n) is 10.2. The van der Waals surface area contributed by atoms with Crippen LogP contribution in [-0.2, 0) is 4.79 Å². The summed E-state index contributed by atoms with van der Waals surface area (Å²) in [6.07, 6.45) is 10.2. The number of carbonyl (C=O) groups is 1. The van der Waals surface area contributed by atoms with E-state index in [0.29, 0.717) is 12.8 Å².